The lowest BCUT2D eigenvalue weighted by molar-refractivity contribution is -0.0619. The Morgan fingerprint density at radius 3 is 2.29 bits per heavy atom. The number of rotatable bonds is 3. The molecule has 0 saturated carbocycles. The predicted octanol–water partition coefficient (Wildman–Crippen LogP) is 2.03. The fourth-order valence-corrected chi connectivity index (χ4v) is 3.14. The summed E-state index contributed by atoms with van der Waals surface area (Å²) in [6.07, 6.45) is -1.02. The van der Waals surface area contributed by atoms with Crippen molar-refractivity contribution in [1.29, 1.82) is 0 Å². The Hall–Kier alpha value is -3.26. The lowest BCUT2D eigenvalue weighted by Gasteiger charge is -2.30. The average Bonchev–Trinajstić information content (AvgIpc) is 2.70. The molecule has 0 unspecified atom stereocenters. The van der Waals surface area contributed by atoms with Crippen LogP contribution in [0.5, 0.6) is 23.0 Å². The molecule has 0 radical (unpaired) electrons. The molecule has 3 rings (SSSR count). The van der Waals surface area contributed by atoms with Crippen LogP contribution in [0.3, 0.4) is 0 Å². The molecule has 148 valence electrons. The second-order valence-electron chi connectivity index (χ2n) is 7.07. The third kappa shape index (κ3) is 3.01. The molecule has 4 N–H and O–H groups in total. The minimum atomic E-state index is -1.12. The molecule has 0 spiro atoms. The Bertz CT molecular complexity index is 956. The van der Waals surface area contributed by atoms with Crippen LogP contribution in [-0.4, -0.2) is 50.5 Å². The number of ketones is 1. The minimum absolute atomic E-state index is 0.0158. The quantitative estimate of drug-likeness (QED) is 0.464. The fourth-order valence-electron chi connectivity index (χ4n) is 3.14. The van der Waals surface area contributed by atoms with E-state index in [-0.39, 0.29) is 11.3 Å². The highest BCUT2D eigenvalue weighted by Crippen LogP contribution is 2.42. The second kappa shape index (κ2) is 6.72. The number of phenols is 3. The molecule has 0 aromatic heterocycles. The van der Waals surface area contributed by atoms with Crippen molar-refractivity contribution in [2.45, 2.75) is 32.5 Å². The number of aliphatic hydroxyl groups is 1. The summed E-state index contributed by atoms with van der Waals surface area (Å²) in [6.45, 7) is 4.28. The van der Waals surface area contributed by atoms with Crippen molar-refractivity contribution < 1.29 is 39.5 Å². The summed E-state index contributed by atoms with van der Waals surface area (Å²) in [5.41, 5.74) is -2.03. The van der Waals surface area contributed by atoms with Gasteiger partial charge in [-0.25, -0.2) is 4.79 Å². The predicted molar refractivity (Wildman–Crippen MR) is 97.0 cm³/mol. The van der Waals surface area contributed by atoms with Crippen molar-refractivity contribution in [3.8, 4) is 23.0 Å². The number of aromatic hydroxyl groups is 3. The molecule has 1 aliphatic rings. The van der Waals surface area contributed by atoms with Gasteiger partial charge in [-0.3, -0.25) is 4.79 Å². The number of aryl methyl sites for hydroxylation is 1. The molecular formula is C20H20O8. The van der Waals surface area contributed by atoms with Gasteiger partial charge in [0.15, 0.2) is 6.10 Å². The van der Waals surface area contributed by atoms with Crippen molar-refractivity contribution in [3.05, 3.63) is 46.5 Å². The number of phenolic OH excluding ortho intramolecular Hbond substituents is 3. The zero-order valence-electron chi connectivity index (χ0n) is 15.5. The Morgan fingerprint density at radius 2 is 1.71 bits per heavy atom. The van der Waals surface area contributed by atoms with Crippen LogP contribution < -0.4 is 4.74 Å². The van der Waals surface area contributed by atoms with Crippen molar-refractivity contribution in [2.24, 2.45) is 0 Å². The molecule has 0 amide bonds. The van der Waals surface area contributed by atoms with Crippen molar-refractivity contribution in [1.82, 2.24) is 0 Å². The van der Waals surface area contributed by atoms with Gasteiger partial charge in [0.25, 0.3) is 0 Å². The van der Waals surface area contributed by atoms with Crippen molar-refractivity contribution in [2.75, 3.05) is 6.61 Å². The summed E-state index contributed by atoms with van der Waals surface area (Å²) < 4.78 is 11.2. The first-order chi connectivity index (χ1) is 13.1. The normalized spacial score (nSPS) is 17.9. The van der Waals surface area contributed by atoms with Crippen molar-refractivity contribution >= 4 is 11.8 Å². The van der Waals surface area contributed by atoms with Gasteiger partial charge >= 0.3 is 5.97 Å². The standard InChI is InChI=1S/C20H20O8/c1-9-7-12(24)15(17(25)14-10(22)5-4-6-11(14)23)16-18(9)28-20(2,3)13(8-21)27-19(16)26/h4-7,13,21-24H,8H2,1-3H3/t13-/m1/s1. The third-order valence-electron chi connectivity index (χ3n) is 4.68. The van der Waals surface area contributed by atoms with Gasteiger partial charge in [0, 0.05) is 0 Å². The van der Waals surface area contributed by atoms with E-state index in [1.54, 1.807) is 20.8 Å². The number of hydrogen-bond donors (Lipinski definition) is 4. The number of carbonyl (C=O) groups excluding carboxylic acids is 2. The number of fused-ring (bicyclic) bond motifs is 1. The molecule has 1 aliphatic heterocycles. The third-order valence-corrected chi connectivity index (χ3v) is 4.68. The molecule has 8 nitrogen and oxygen atoms in total. The summed E-state index contributed by atoms with van der Waals surface area (Å²) >= 11 is 0. The maximum atomic E-state index is 13.1. The number of ether oxygens (including phenoxy) is 2. The molecule has 0 bridgehead atoms. The van der Waals surface area contributed by atoms with E-state index in [2.05, 4.69) is 0 Å². The Morgan fingerprint density at radius 1 is 1.11 bits per heavy atom. The zero-order valence-corrected chi connectivity index (χ0v) is 15.5. The fraction of sp³-hybridized carbons (Fsp3) is 0.300. The molecular weight excluding hydrogens is 368 g/mol. The molecule has 2 aromatic rings. The van der Waals surface area contributed by atoms with Gasteiger partial charge in [-0.1, -0.05) is 6.07 Å². The number of cyclic esters (lactones) is 1. The maximum Gasteiger partial charge on any atom is 0.343 e. The van der Waals surface area contributed by atoms with E-state index in [9.17, 15) is 30.0 Å². The minimum Gasteiger partial charge on any atom is -0.507 e. The van der Waals surface area contributed by atoms with Crippen LogP contribution in [0.15, 0.2) is 24.3 Å². The van der Waals surface area contributed by atoms with E-state index >= 15 is 0 Å². The molecule has 0 aliphatic carbocycles. The number of hydrogen-bond acceptors (Lipinski definition) is 8. The van der Waals surface area contributed by atoms with Crippen LogP contribution in [-0.2, 0) is 4.74 Å². The van der Waals surface area contributed by atoms with E-state index in [1.807, 2.05) is 0 Å². The molecule has 1 heterocycles. The van der Waals surface area contributed by atoms with Gasteiger partial charge in [0.05, 0.1) is 12.2 Å². The van der Waals surface area contributed by atoms with Crippen LogP contribution in [0.2, 0.25) is 0 Å². The monoisotopic (exact) mass is 388 g/mol. The van der Waals surface area contributed by atoms with Crippen LogP contribution in [0.25, 0.3) is 0 Å². The Kier molecular flexibility index (Phi) is 4.68. The van der Waals surface area contributed by atoms with Crippen molar-refractivity contribution in [3.63, 3.8) is 0 Å². The van der Waals surface area contributed by atoms with Crippen LogP contribution in [0.1, 0.15) is 45.7 Å². The summed E-state index contributed by atoms with van der Waals surface area (Å²) in [5, 5.41) is 40.0. The molecule has 0 saturated heterocycles. The molecule has 0 fully saturated rings. The summed E-state index contributed by atoms with van der Waals surface area (Å²) in [4.78, 5) is 25.9. The van der Waals surface area contributed by atoms with Crippen LogP contribution >= 0.6 is 0 Å². The Labute approximate surface area is 160 Å². The molecule has 1 atom stereocenters. The van der Waals surface area contributed by atoms with E-state index in [1.165, 1.54) is 24.3 Å². The number of aliphatic hydroxyl groups excluding tert-OH is 1. The van der Waals surface area contributed by atoms with Gasteiger partial charge in [-0.05, 0) is 44.5 Å². The highest BCUT2D eigenvalue weighted by molar-refractivity contribution is 6.19. The van der Waals surface area contributed by atoms with Gasteiger partial charge < -0.3 is 29.9 Å². The largest absolute Gasteiger partial charge is 0.507 e. The van der Waals surface area contributed by atoms with E-state index in [0.29, 0.717) is 5.56 Å². The van der Waals surface area contributed by atoms with E-state index < -0.39 is 58.4 Å². The van der Waals surface area contributed by atoms with Gasteiger partial charge in [0.1, 0.15) is 39.7 Å². The number of carbonyl (C=O) groups is 2. The maximum absolute atomic E-state index is 13.1. The highest BCUT2D eigenvalue weighted by atomic mass is 16.6. The second-order valence-corrected chi connectivity index (χ2v) is 7.07. The SMILES string of the molecule is Cc1cc(O)c(C(=O)c2c(O)cccc2O)c2c1OC(C)(C)[C@@H](CO)OC2=O. The highest BCUT2D eigenvalue weighted by Gasteiger charge is 2.42. The molecule has 2 aromatic carbocycles. The zero-order chi connectivity index (χ0) is 20.8. The first-order valence-corrected chi connectivity index (χ1v) is 8.51. The first kappa shape index (κ1) is 19.5. The topological polar surface area (TPSA) is 134 Å². The van der Waals surface area contributed by atoms with Gasteiger partial charge in [-0.15, -0.1) is 0 Å². The van der Waals surface area contributed by atoms with Gasteiger partial charge in [0.2, 0.25) is 5.78 Å². The van der Waals surface area contributed by atoms with Gasteiger partial charge in [-0.2, -0.15) is 0 Å². The molecule has 28 heavy (non-hydrogen) atoms. The average molecular weight is 388 g/mol. The number of esters is 1. The first-order valence-electron chi connectivity index (χ1n) is 8.51. The lowest BCUT2D eigenvalue weighted by atomic mass is 9.93. The number of benzene rings is 2. The van der Waals surface area contributed by atoms with E-state index in [4.69, 9.17) is 9.47 Å². The Balaban J connectivity index is 2.29. The lowest BCUT2D eigenvalue weighted by Crippen LogP contribution is -2.45. The van der Waals surface area contributed by atoms with Crippen LogP contribution in [0, 0.1) is 6.92 Å². The smallest absolute Gasteiger partial charge is 0.343 e. The van der Waals surface area contributed by atoms with E-state index in [0.717, 1.165) is 0 Å². The summed E-state index contributed by atoms with van der Waals surface area (Å²) in [6, 6.07) is 4.96. The summed E-state index contributed by atoms with van der Waals surface area (Å²) in [5.74, 6) is -3.51. The molecule has 8 heteroatoms. The summed E-state index contributed by atoms with van der Waals surface area (Å²) in [7, 11) is 0. The van der Waals surface area contributed by atoms with Crippen LogP contribution in [0.4, 0.5) is 0 Å².